The zero-order valence-corrected chi connectivity index (χ0v) is 16.2. The molecule has 0 aliphatic rings. The number of sulfone groups is 1. The van der Waals surface area contributed by atoms with Gasteiger partial charge in [0.2, 0.25) is 11.6 Å². The normalized spacial score (nSPS) is 11.7. The first-order chi connectivity index (χ1) is 13.6. The van der Waals surface area contributed by atoms with Crippen LogP contribution in [0.5, 0.6) is 17.2 Å². The van der Waals surface area contributed by atoms with Gasteiger partial charge in [-0.1, -0.05) is 0 Å². The third-order valence-electron chi connectivity index (χ3n) is 3.78. The van der Waals surface area contributed by atoms with E-state index in [1.165, 1.54) is 33.5 Å². The summed E-state index contributed by atoms with van der Waals surface area (Å²) in [7, 11) is -0.189. The van der Waals surface area contributed by atoms with Gasteiger partial charge in [-0.05, 0) is 23.8 Å². The van der Waals surface area contributed by atoms with Gasteiger partial charge in [-0.3, -0.25) is 0 Å². The molecule has 11 heteroatoms. The second-order valence-electron chi connectivity index (χ2n) is 5.63. The summed E-state index contributed by atoms with van der Waals surface area (Å²) < 4.78 is 107. The van der Waals surface area contributed by atoms with Gasteiger partial charge in [0, 0.05) is 5.41 Å². The van der Waals surface area contributed by atoms with Gasteiger partial charge in [0.1, 0.15) is 0 Å². The quantitative estimate of drug-likeness (QED) is 0.372. The van der Waals surface area contributed by atoms with Crippen LogP contribution in [0.1, 0.15) is 11.1 Å². The second-order valence-corrected chi connectivity index (χ2v) is 7.51. The minimum Gasteiger partial charge on any atom is -0.493 e. The van der Waals surface area contributed by atoms with Crippen molar-refractivity contribution >= 4 is 15.9 Å². The minimum absolute atomic E-state index is 0.167. The second kappa shape index (κ2) is 8.68. The van der Waals surface area contributed by atoms with Crippen LogP contribution in [0.3, 0.4) is 0 Å². The number of benzene rings is 2. The lowest BCUT2D eigenvalue weighted by molar-refractivity contribution is 0.324. The molecule has 0 unspecified atom stereocenters. The van der Waals surface area contributed by atoms with Crippen molar-refractivity contribution in [2.24, 2.45) is 0 Å². The number of hydrogen-bond donors (Lipinski definition) is 0. The lowest BCUT2D eigenvalue weighted by Crippen LogP contribution is -2.05. The van der Waals surface area contributed by atoms with Crippen LogP contribution in [0.15, 0.2) is 17.5 Å². The Morgan fingerprint density at radius 2 is 1.24 bits per heavy atom. The maximum Gasteiger partial charge on any atom is 0.203 e. The van der Waals surface area contributed by atoms with E-state index in [-0.39, 0.29) is 22.8 Å². The maximum absolute atomic E-state index is 13.7. The van der Waals surface area contributed by atoms with Crippen LogP contribution in [0.2, 0.25) is 0 Å². The fourth-order valence-electron chi connectivity index (χ4n) is 2.44. The number of rotatable bonds is 7. The van der Waals surface area contributed by atoms with Gasteiger partial charge < -0.3 is 14.2 Å². The highest BCUT2D eigenvalue weighted by molar-refractivity contribution is 7.93. The molecule has 0 aliphatic carbocycles. The molecule has 5 nitrogen and oxygen atoms in total. The summed E-state index contributed by atoms with van der Waals surface area (Å²) in [4.78, 5) is 0. The van der Waals surface area contributed by atoms with E-state index in [2.05, 4.69) is 0 Å². The largest absolute Gasteiger partial charge is 0.493 e. The summed E-state index contributed by atoms with van der Waals surface area (Å²) in [5, 5.41) is 0.356. The predicted molar refractivity (Wildman–Crippen MR) is 94.0 cm³/mol. The van der Waals surface area contributed by atoms with Crippen LogP contribution in [-0.2, 0) is 15.6 Å². The number of methoxy groups -OCH3 is 3. The molecule has 0 bridgehead atoms. The Labute approximate surface area is 163 Å². The van der Waals surface area contributed by atoms with Gasteiger partial charge in [-0.15, -0.1) is 0 Å². The summed E-state index contributed by atoms with van der Waals surface area (Å²) in [5.74, 6) is -11.1. The molecule has 0 aromatic heterocycles. The first-order valence-electron chi connectivity index (χ1n) is 7.77. The highest BCUT2D eigenvalue weighted by Gasteiger charge is 2.25. The van der Waals surface area contributed by atoms with Crippen LogP contribution in [-0.4, -0.2) is 29.7 Å². The van der Waals surface area contributed by atoms with Crippen LogP contribution < -0.4 is 14.2 Å². The molecule has 0 N–H and O–H groups in total. The molecule has 0 saturated carbocycles. The Bertz CT molecular complexity index is 1010. The Kier molecular flexibility index (Phi) is 6.73. The molecule has 29 heavy (non-hydrogen) atoms. The highest BCUT2D eigenvalue weighted by atomic mass is 32.2. The zero-order valence-electron chi connectivity index (χ0n) is 15.4. The smallest absolute Gasteiger partial charge is 0.203 e. The fraction of sp³-hybridized carbons (Fsp3) is 0.222. The van der Waals surface area contributed by atoms with E-state index in [4.69, 9.17) is 14.2 Å². The summed E-state index contributed by atoms with van der Waals surface area (Å²) >= 11 is 0. The summed E-state index contributed by atoms with van der Waals surface area (Å²) in [6.07, 6.45) is 0.309. The van der Waals surface area contributed by atoms with Crippen LogP contribution >= 0.6 is 0 Å². The first-order valence-corrected chi connectivity index (χ1v) is 9.49. The Morgan fingerprint density at radius 3 is 1.66 bits per heavy atom. The van der Waals surface area contributed by atoms with Crippen molar-refractivity contribution in [3.05, 3.63) is 57.8 Å². The summed E-state index contributed by atoms with van der Waals surface area (Å²) in [6, 6.07) is 2.68. The van der Waals surface area contributed by atoms with E-state index in [9.17, 15) is 30.4 Å². The van der Waals surface area contributed by atoms with Gasteiger partial charge in [0.05, 0.1) is 32.6 Å². The Morgan fingerprint density at radius 1 is 0.793 bits per heavy atom. The molecule has 0 spiro atoms. The van der Waals surface area contributed by atoms with Gasteiger partial charge in [0.15, 0.2) is 44.6 Å². The Balaban J connectivity index is 2.42. The van der Waals surface area contributed by atoms with Gasteiger partial charge in [0.25, 0.3) is 0 Å². The molecule has 0 heterocycles. The van der Waals surface area contributed by atoms with Crippen molar-refractivity contribution in [2.75, 3.05) is 21.3 Å². The van der Waals surface area contributed by atoms with Crippen molar-refractivity contribution in [1.82, 2.24) is 0 Å². The Hall–Kier alpha value is -2.82. The highest BCUT2D eigenvalue weighted by Crippen LogP contribution is 2.38. The molecular weight excluding hydrogens is 423 g/mol. The van der Waals surface area contributed by atoms with Crippen LogP contribution in [0, 0.1) is 29.1 Å². The molecule has 0 amide bonds. The van der Waals surface area contributed by atoms with Crippen molar-refractivity contribution < 1.29 is 44.6 Å². The van der Waals surface area contributed by atoms with E-state index in [0.29, 0.717) is 11.5 Å². The predicted octanol–water partition coefficient (Wildman–Crippen LogP) is 3.99. The van der Waals surface area contributed by atoms with Crippen molar-refractivity contribution in [3.8, 4) is 17.2 Å². The molecule has 2 aromatic carbocycles. The molecule has 0 saturated heterocycles. The lowest BCUT2D eigenvalue weighted by atomic mass is 10.1. The molecule has 2 rings (SSSR count). The monoisotopic (exact) mass is 438 g/mol. The molecule has 0 atom stereocenters. The third-order valence-corrected chi connectivity index (χ3v) is 5.06. The summed E-state index contributed by atoms with van der Waals surface area (Å²) in [5.41, 5.74) is -1.20. The minimum atomic E-state index is -4.18. The molecule has 0 radical (unpaired) electrons. The standard InChI is InChI=1S/C18H15F5O5S/c1-26-11-6-9(7-12(27-2)18(11)28-3)8-29(24,25)5-4-10-13(19)15(21)17(23)16(22)14(10)20/h4-7H,8H2,1-3H3/b5-4-. The fourth-order valence-corrected chi connectivity index (χ4v) is 3.51. The molecule has 0 fully saturated rings. The third kappa shape index (κ3) is 4.61. The lowest BCUT2D eigenvalue weighted by Gasteiger charge is -2.13. The molecule has 158 valence electrons. The van der Waals surface area contributed by atoms with Crippen molar-refractivity contribution in [2.45, 2.75) is 5.75 Å². The molecular formula is C18H15F5O5S. The molecule has 0 aliphatic heterocycles. The zero-order chi connectivity index (χ0) is 21.9. The van der Waals surface area contributed by atoms with Gasteiger partial charge >= 0.3 is 0 Å². The van der Waals surface area contributed by atoms with Gasteiger partial charge in [-0.2, -0.15) is 0 Å². The van der Waals surface area contributed by atoms with Crippen LogP contribution in [0.4, 0.5) is 22.0 Å². The topological polar surface area (TPSA) is 61.8 Å². The molecule has 2 aromatic rings. The average Bonchev–Trinajstić information content (AvgIpc) is 2.69. The number of ether oxygens (including phenoxy) is 3. The van der Waals surface area contributed by atoms with Crippen LogP contribution in [0.25, 0.3) is 6.08 Å². The van der Waals surface area contributed by atoms with E-state index >= 15 is 0 Å². The SMILES string of the molecule is COc1cc(CS(=O)(=O)/C=C\c2c(F)c(F)c(F)c(F)c2F)cc(OC)c1OC. The van der Waals surface area contributed by atoms with E-state index in [1.54, 1.807) is 0 Å². The number of halogens is 5. The van der Waals surface area contributed by atoms with Crippen molar-refractivity contribution in [3.63, 3.8) is 0 Å². The maximum atomic E-state index is 13.7. The average molecular weight is 438 g/mol. The summed E-state index contributed by atoms with van der Waals surface area (Å²) in [6.45, 7) is 0. The van der Waals surface area contributed by atoms with E-state index in [1.807, 2.05) is 0 Å². The van der Waals surface area contributed by atoms with Gasteiger partial charge in [-0.25, -0.2) is 30.4 Å². The number of hydrogen-bond acceptors (Lipinski definition) is 5. The van der Waals surface area contributed by atoms with Crippen molar-refractivity contribution in [1.29, 1.82) is 0 Å². The van der Waals surface area contributed by atoms with E-state index in [0.717, 1.165) is 0 Å². The van der Waals surface area contributed by atoms with E-state index < -0.39 is 50.2 Å². The first kappa shape index (κ1) is 22.5.